The summed E-state index contributed by atoms with van der Waals surface area (Å²) in [5.41, 5.74) is 0.790. The van der Waals surface area contributed by atoms with Crippen LogP contribution in [0.25, 0.3) is 0 Å². The number of aryl methyl sites for hydroxylation is 2. The van der Waals surface area contributed by atoms with Gasteiger partial charge in [-0.1, -0.05) is 6.92 Å². The van der Waals surface area contributed by atoms with Crippen LogP contribution in [0.2, 0.25) is 0 Å². The van der Waals surface area contributed by atoms with Gasteiger partial charge >= 0.3 is 5.97 Å². The molecule has 0 aliphatic carbocycles. The van der Waals surface area contributed by atoms with Crippen LogP contribution < -0.4 is 5.32 Å². The Bertz CT molecular complexity index is 665. The molecule has 8 heteroatoms. The molecule has 2 rings (SSSR count). The lowest BCUT2D eigenvalue weighted by atomic mass is 10.3. The second kappa shape index (κ2) is 5.47. The monoisotopic (exact) mass is 275 g/mol. The smallest absolute Gasteiger partial charge is 0.358 e. The number of rotatable bonds is 4. The number of hydrogen-bond donors (Lipinski definition) is 2. The van der Waals surface area contributed by atoms with E-state index < -0.39 is 11.9 Å². The van der Waals surface area contributed by atoms with E-state index in [4.69, 9.17) is 5.11 Å². The van der Waals surface area contributed by atoms with Gasteiger partial charge in [-0.2, -0.15) is 5.10 Å². The van der Waals surface area contributed by atoms with Gasteiger partial charge in [-0.15, -0.1) is 0 Å². The number of amides is 1. The van der Waals surface area contributed by atoms with Gasteiger partial charge in [-0.25, -0.2) is 14.8 Å². The molecule has 2 aromatic rings. The van der Waals surface area contributed by atoms with Crippen LogP contribution in [0, 0.1) is 0 Å². The van der Waals surface area contributed by atoms with E-state index in [9.17, 15) is 9.59 Å². The molecule has 2 heterocycles. The summed E-state index contributed by atoms with van der Waals surface area (Å²) in [6.45, 7) is 1.93. The Labute approximate surface area is 114 Å². The zero-order chi connectivity index (χ0) is 14.7. The number of carboxylic acids is 1. The quantitative estimate of drug-likeness (QED) is 0.850. The van der Waals surface area contributed by atoms with Crippen molar-refractivity contribution in [2.75, 3.05) is 5.32 Å². The maximum absolute atomic E-state index is 12.1. The third-order valence-corrected chi connectivity index (χ3v) is 2.66. The van der Waals surface area contributed by atoms with Crippen molar-refractivity contribution in [2.24, 2.45) is 7.05 Å². The molecule has 0 unspecified atom stereocenters. The van der Waals surface area contributed by atoms with Crippen LogP contribution in [-0.4, -0.2) is 36.7 Å². The molecule has 104 valence electrons. The SMILES string of the molecule is CCc1cc(C(=O)Nc2nccnc2C(=O)O)n(C)n1. The number of carbonyl (C=O) groups excluding carboxylic acids is 1. The maximum atomic E-state index is 12.1. The summed E-state index contributed by atoms with van der Waals surface area (Å²) in [6.07, 6.45) is 3.26. The molecular formula is C12H13N5O3. The highest BCUT2D eigenvalue weighted by molar-refractivity contribution is 6.05. The number of anilines is 1. The Kier molecular flexibility index (Phi) is 3.74. The predicted octanol–water partition coefficient (Wildman–Crippen LogP) is 0.723. The van der Waals surface area contributed by atoms with Crippen LogP contribution in [0.3, 0.4) is 0 Å². The number of hydrogen-bond acceptors (Lipinski definition) is 5. The van der Waals surface area contributed by atoms with E-state index >= 15 is 0 Å². The van der Waals surface area contributed by atoms with Crippen LogP contribution in [0.15, 0.2) is 18.5 Å². The van der Waals surface area contributed by atoms with E-state index in [0.717, 1.165) is 5.69 Å². The van der Waals surface area contributed by atoms with Gasteiger partial charge in [0.25, 0.3) is 5.91 Å². The molecular weight excluding hydrogens is 262 g/mol. The summed E-state index contributed by atoms with van der Waals surface area (Å²) in [7, 11) is 1.64. The fourth-order valence-corrected chi connectivity index (χ4v) is 1.67. The number of aromatic nitrogens is 4. The van der Waals surface area contributed by atoms with E-state index in [2.05, 4.69) is 20.4 Å². The van der Waals surface area contributed by atoms with E-state index in [1.54, 1.807) is 13.1 Å². The first-order valence-corrected chi connectivity index (χ1v) is 5.91. The van der Waals surface area contributed by atoms with Crippen molar-refractivity contribution in [2.45, 2.75) is 13.3 Å². The Morgan fingerprint density at radius 2 is 2.05 bits per heavy atom. The van der Waals surface area contributed by atoms with E-state index in [1.165, 1.54) is 17.1 Å². The third-order valence-electron chi connectivity index (χ3n) is 2.66. The van der Waals surface area contributed by atoms with Crippen molar-refractivity contribution in [3.63, 3.8) is 0 Å². The molecule has 0 atom stereocenters. The third kappa shape index (κ3) is 2.63. The van der Waals surface area contributed by atoms with Crippen molar-refractivity contribution >= 4 is 17.7 Å². The van der Waals surface area contributed by atoms with E-state index in [1.807, 2.05) is 6.92 Å². The lowest BCUT2D eigenvalue weighted by Crippen LogP contribution is -2.19. The first-order valence-electron chi connectivity index (χ1n) is 5.91. The largest absolute Gasteiger partial charge is 0.476 e. The highest BCUT2D eigenvalue weighted by Gasteiger charge is 2.18. The predicted molar refractivity (Wildman–Crippen MR) is 69.5 cm³/mol. The van der Waals surface area contributed by atoms with Gasteiger partial charge in [0.2, 0.25) is 0 Å². The summed E-state index contributed by atoms with van der Waals surface area (Å²) in [4.78, 5) is 30.6. The zero-order valence-corrected chi connectivity index (χ0v) is 11.0. The average molecular weight is 275 g/mol. The molecule has 0 saturated carbocycles. The molecule has 1 amide bonds. The topological polar surface area (TPSA) is 110 Å². The number of carboxylic acid groups (broad SMARTS) is 1. The Morgan fingerprint density at radius 1 is 1.35 bits per heavy atom. The number of aromatic carboxylic acids is 1. The number of nitrogens with zero attached hydrogens (tertiary/aromatic N) is 4. The van der Waals surface area contributed by atoms with Crippen molar-refractivity contribution in [1.82, 2.24) is 19.7 Å². The molecule has 0 aliphatic heterocycles. The molecule has 20 heavy (non-hydrogen) atoms. The van der Waals surface area contributed by atoms with Gasteiger partial charge in [0, 0.05) is 19.4 Å². The van der Waals surface area contributed by atoms with Gasteiger partial charge in [-0.05, 0) is 12.5 Å². The molecule has 0 saturated heterocycles. The minimum atomic E-state index is -1.26. The van der Waals surface area contributed by atoms with Crippen molar-refractivity contribution in [3.8, 4) is 0 Å². The van der Waals surface area contributed by atoms with E-state index in [0.29, 0.717) is 12.1 Å². The minimum absolute atomic E-state index is 0.0933. The minimum Gasteiger partial charge on any atom is -0.476 e. The average Bonchev–Trinajstić information content (AvgIpc) is 2.80. The fraction of sp³-hybridized carbons (Fsp3) is 0.250. The lowest BCUT2D eigenvalue weighted by molar-refractivity contribution is 0.0691. The van der Waals surface area contributed by atoms with Gasteiger partial charge in [-0.3, -0.25) is 9.48 Å². The summed E-state index contributed by atoms with van der Waals surface area (Å²) >= 11 is 0. The van der Waals surface area contributed by atoms with Crippen molar-refractivity contribution in [1.29, 1.82) is 0 Å². The number of carbonyl (C=O) groups is 2. The van der Waals surface area contributed by atoms with Crippen LogP contribution in [0.1, 0.15) is 33.6 Å². The summed E-state index contributed by atoms with van der Waals surface area (Å²) in [5.74, 6) is -1.83. The molecule has 2 aromatic heterocycles. The molecule has 0 fully saturated rings. The highest BCUT2D eigenvalue weighted by atomic mass is 16.4. The summed E-state index contributed by atoms with van der Waals surface area (Å²) in [6, 6.07) is 1.64. The normalized spacial score (nSPS) is 10.3. The zero-order valence-electron chi connectivity index (χ0n) is 11.0. The Morgan fingerprint density at radius 3 is 2.65 bits per heavy atom. The summed E-state index contributed by atoms with van der Waals surface area (Å²) < 4.78 is 1.44. The van der Waals surface area contributed by atoms with Crippen molar-refractivity contribution in [3.05, 3.63) is 35.5 Å². The van der Waals surface area contributed by atoms with Gasteiger partial charge in [0.1, 0.15) is 5.69 Å². The molecule has 0 aliphatic rings. The fourth-order valence-electron chi connectivity index (χ4n) is 1.67. The van der Waals surface area contributed by atoms with Crippen LogP contribution >= 0.6 is 0 Å². The van der Waals surface area contributed by atoms with Crippen LogP contribution in [0.4, 0.5) is 5.82 Å². The summed E-state index contributed by atoms with van der Waals surface area (Å²) in [5, 5.41) is 15.6. The van der Waals surface area contributed by atoms with Crippen LogP contribution in [-0.2, 0) is 13.5 Å². The standard InChI is InChI=1S/C12H13N5O3/c1-3-7-6-8(17(2)16-7)11(18)15-10-9(12(19)20)13-4-5-14-10/h4-6H,3H2,1-2H3,(H,19,20)(H,14,15,18). The lowest BCUT2D eigenvalue weighted by Gasteiger charge is -2.06. The first kappa shape index (κ1) is 13.7. The molecule has 0 aromatic carbocycles. The second-order valence-corrected chi connectivity index (χ2v) is 4.01. The van der Waals surface area contributed by atoms with Crippen molar-refractivity contribution < 1.29 is 14.7 Å². The second-order valence-electron chi connectivity index (χ2n) is 4.01. The first-order chi connectivity index (χ1) is 9.52. The molecule has 0 bridgehead atoms. The molecule has 0 radical (unpaired) electrons. The van der Waals surface area contributed by atoms with Gasteiger partial charge < -0.3 is 10.4 Å². The molecule has 0 spiro atoms. The maximum Gasteiger partial charge on any atom is 0.358 e. The Hall–Kier alpha value is -2.77. The van der Waals surface area contributed by atoms with Gasteiger partial charge in [0.05, 0.1) is 5.69 Å². The Balaban J connectivity index is 2.28. The highest BCUT2D eigenvalue weighted by Crippen LogP contribution is 2.11. The molecule has 8 nitrogen and oxygen atoms in total. The number of nitrogens with one attached hydrogen (secondary N) is 1. The van der Waals surface area contributed by atoms with Gasteiger partial charge in [0.15, 0.2) is 11.5 Å². The van der Waals surface area contributed by atoms with E-state index in [-0.39, 0.29) is 11.5 Å². The molecule has 2 N–H and O–H groups in total. The van der Waals surface area contributed by atoms with Crippen LogP contribution in [0.5, 0.6) is 0 Å².